The number of halogens is 2. The molecule has 0 unspecified atom stereocenters. The minimum absolute atomic E-state index is 0.131. The average molecular weight is 320 g/mol. The second-order valence-electron chi connectivity index (χ2n) is 4.49. The van der Waals surface area contributed by atoms with Gasteiger partial charge in [0.2, 0.25) is 0 Å². The van der Waals surface area contributed by atoms with Crippen LogP contribution >= 0.6 is 15.9 Å². The zero-order chi connectivity index (χ0) is 14.1. The van der Waals surface area contributed by atoms with Gasteiger partial charge in [0.05, 0.1) is 17.0 Å². The van der Waals surface area contributed by atoms with Crippen molar-refractivity contribution in [1.82, 2.24) is 0 Å². The maximum atomic E-state index is 13.6. The lowest BCUT2D eigenvalue weighted by Crippen LogP contribution is -2.37. The van der Waals surface area contributed by atoms with Crippen LogP contribution in [0.1, 0.15) is 25.5 Å². The maximum Gasteiger partial charge on any atom is 0.313 e. The first-order valence-corrected chi connectivity index (χ1v) is 6.03. The first-order valence-electron chi connectivity index (χ1n) is 5.24. The summed E-state index contributed by atoms with van der Waals surface area (Å²) in [5, 5.41) is 9.73. The van der Waals surface area contributed by atoms with Crippen molar-refractivity contribution in [2.45, 2.75) is 19.9 Å². The third kappa shape index (κ3) is 2.49. The van der Waals surface area contributed by atoms with Gasteiger partial charge in [0, 0.05) is 11.6 Å². The number of esters is 1. The van der Waals surface area contributed by atoms with Crippen molar-refractivity contribution in [1.29, 1.82) is 0 Å². The van der Waals surface area contributed by atoms with Gasteiger partial charge >= 0.3 is 5.97 Å². The Balaban J connectivity index is 3.23. The molecule has 0 radical (unpaired) electrons. The number of hydrogen-bond donors (Lipinski definition) is 2. The lowest BCUT2D eigenvalue weighted by atomic mass is 9.80. The van der Waals surface area contributed by atoms with Crippen LogP contribution in [0.15, 0.2) is 16.6 Å². The Morgan fingerprint density at radius 3 is 2.61 bits per heavy atom. The third-order valence-corrected chi connectivity index (χ3v) is 3.54. The largest absolute Gasteiger partial charge is 0.505 e. The predicted molar refractivity (Wildman–Crippen MR) is 68.5 cm³/mol. The van der Waals surface area contributed by atoms with Crippen LogP contribution in [0.5, 0.6) is 5.75 Å². The molecule has 0 saturated heterocycles. The molecule has 4 nitrogen and oxygen atoms in total. The highest BCUT2D eigenvalue weighted by Gasteiger charge is 2.38. The van der Waals surface area contributed by atoms with Crippen molar-refractivity contribution in [3.63, 3.8) is 0 Å². The molecular formula is C12H15BrFNO3. The summed E-state index contributed by atoms with van der Waals surface area (Å²) in [6.45, 7) is 3.14. The van der Waals surface area contributed by atoms with Crippen LogP contribution < -0.4 is 5.73 Å². The number of phenolic OH excluding ortho intramolecular Hbond substituents is 1. The molecule has 1 atom stereocenters. The molecular weight excluding hydrogens is 305 g/mol. The number of aromatic hydroxyl groups is 1. The Morgan fingerprint density at radius 1 is 1.56 bits per heavy atom. The number of methoxy groups -OCH3 is 1. The van der Waals surface area contributed by atoms with Gasteiger partial charge in [-0.15, -0.1) is 0 Å². The lowest BCUT2D eigenvalue weighted by molar-refractivity contribution is -0.152. The summed E-state index contributed by atoms with van der Waals surface area (Å²) in [5.74, 6) is -1.89. The number of nitrogens with two attached hydrogens (primary N) is 1. The minimum Gasteiger partial charge on any atom is -0.505 e. The molecule has 18 heavy (non-hydrogen) atoms. The summed E-state index contributed by atoms with van der Waals surface area (Å²) >= 11 is 2.95. The van der Waals surface area contributed by atoms with Gasteiger partial charge < -0.3 is 15.6 Å². The maximum absolute atomic E-state index is 13.6. The van der Waals surface area contributed by atoms with Gasteiger partial charge in [-0.25, -0.2) is 4.39 Å². The summed E-state index contributed by atoms with van der Waals surface area (Å²) in [6.07, 6.45) is 0. The van der Waals surface area contributed by atoms with E-state index in [-0.39, 0.29) is 10.0 Å². The smallest absolute Gasteiger partial charge is 0.313 e. The number of benzene rings is 1. The summed E-state index contributed by atoms with van der Waals surface area (Å²) in [5.41, 5.74) is 5.01. The Kier molecular flexibility index (Phi) is 4.34. The monoisotopic (exact) mass is 319 g/mol. The van der Waals surface area contributed by atoms with Crippen LogP contribution in [0.4, 0.5) is 4.39 Å². The highest BCUT2D eigenvalue weighted by Crippen LogP contribution is 2.39. The molecule has 0 saturated carbocycles. The summed E-state index contributed by atoms with van der Waals surface area (Å²) in [6, 6.07) is 2.02. The highest BCUT2D eigenvalue weighted by molar-refractivity contribution is 9.10. The molecule has 0 amide bonds. The molecule has 1 aromatic rings. The quantitative estimate of drug-likeness (QED) is 0.839. The van der Waals surface area contributed by atoms with E-state index in [1.54, 1.807) is 13.8 Å². The van der Waals surface area contributed by atoms with E-state index < -0.39 is 29.0 Å². The molecule has 6 heteroatoms. The normalized spacial score (nSPS) is 13.2. The van der Waals surface area contributed by atoms with Gasteiger partial charge in [-0.3, -0.25) is 4.79 Å². The van der Waals surface area contributed by atoms with Crippen LogP contribution in [0.2, 0.25) is 0 Å². The Bertz CT molecular complexity index is 477. The Morgan fingerprint density at radius 2 is 2.11 bits per heavy atom. The van der Waals surface area contributed by atoms with Crippen molar-refractivity contribution in [2.24, 2.45) is 11.1 Å². The molecule has 0 aromatic heterocycles. The second kappa shape index (κ2) is 5.24. The van der Waals surface area contributed by atoms with Crippen molar-refractivity contribution >= 4 is 21.9 Å². The first-order chi connectivity index (χ1) is 8.23. The molecule has 0 aliphatic carbocycles. The highest BCUT2D eigenvalue weighted by atomic mass is 79.9. The van der Waals surface area contributed by atoms with E-state index >= 15 is 0 Å². The minimum atomic E-state index is -1.08. The number of carbonyl (C=O) groups is 1. The molecule has 0 aliphatic rings. The molecule has 100 valence electrons. The van der Waals surface area contributed by atoms with Crippen molar-refractivity contribution in [3.8, 4) is 5.75 Å². The molecule has 3 N–H and O–H groups in total. The van der Waals surface area contributed by atoms with Gasteiger partial charge in [-0.2, -0.15) is 0 Å². The fraction of sp³-hybridized carbons (Fsp3) is 0.417. The number of phenols is 1. The lowest BCUT2D eigenvalue weighted by Gasteiger charge is -2.29. The summed E-state index contributed by atoms with van der Waals surface area (Å²) in [7, 11) is 1.25. The second-order valence-corrected chi connectivity index (χ2v) is 5.34. The first kappa shape index (κ1) is 14.9. The number of hydrogen-bond acceptors (Lipinski definition) is 4. The van der Waals surface area contributed by atoms with Gasteiger partial charge in [0.1, 0.15) is 0 Å². The van der Waals surface area contributed by atoms with Crippen molar-refractivity contribution in [2.75, 3.05) is 7.11 Å². The number of carbonyl (C=O) groups excluding carboxylic acids is 1. The van der Waals surface area contributed by atoms with E-state index in [2.05, 4.69) is 20.7 Å². The zero-order valence-corrected chi connectivity index (χ0v) is 11.9. The molecule has 0 fully saturated rings. The van der Waals surface area contributed by atoms with E-state index in [1.165, 1.54) is 19.2 Å². The van der Waals surface area contributed by atoms with Gasteiger partial charge in [0.25, 0.3) is 0 Å². The Labute approximate surface area is 113 Å². The number of ether oxygens (including phenoxy) is 1. The fourth-order valence-corrected chi connectivity index (χ4v) is 1.90. The SMILES string of the molecule is COC(=O)C(C)(C)[C@H](N)c1ccc(Br)c(F)c1O. The topological polar surface area (TPSA) is 72.5 Å². The third-order valence-electron chi connectivity index (χ3n) is 2.92. The van der Waals surface area contributed by atoms with Gasteiger partial charge in [0.15, 0.2) is 11.6 Å². The van der Waals surface area contributed by atoms with Crippen LogP contribution in [0.25, 0.3) is 0 Å². The molecule has 1 aromatic carbocycles. The van der Waals surface area contributed by atoms with Gasteiger partial charge in [-0.1, -0.05) is 6.07 Å². The van der Waals surface area contributed by atoms with Crippen LogP contribution in [0.3, 0.4) is 0 Å². The fourth-order valence-electron chi connectivity index (χ4n) is 1.58. The molecule has 0 bridgehead atoms. The standard InChI is InChI=1S/C12H15BrFNO3/c1-12(2,11(17)18-3)10(15)6-4-5-7(13)8(14)9(6)16/h4-5,10,16H,15H2,1-3H3/t10-/m1/s1. The van der Waals surface area contributed by atoms with E-state index in [0.717, 1.165) is 0 Å². The Hall–Kier alpha value is -1.14. The van der Waals surface area contributed by atoms with E-state index in [9.17, 15) is 14.3 Å². The number of rotatable bonds is 3. The van der Waals surface area contributed by atoms with Crippen molar-refractivity contribution in [3.05, 3.63) is 28.0 Å². The zero-order valence-electron chi connectivity index (χ0n) is 10.3. The van der Waals surface area contributed by atoms with E-state index in [0.29, 0.717) is 0 Å². The molecule has 0 spiro atoms. The molecule has 1 rings (SSSR count). The van der Waals surface area contributed by atoms with E-state index in [4.69, 9.17) is 5.73 Å². The van der Waals surface area contributed by atoms with Crippen molar-refractivity contribution < 1.29 is 19.0 Å². The summed E-state index contributed by atoms with van der Waals surface area (Å²) < 4.78 is 18.3. The summed E-state index contributed by atoms with van der Waals surface area (Å²) in [4.78, 5) is 11.6. The molecule has 0 aliphatic heterocycles. The predicted octanol–water partition coefficient (Wildman–Crippen LogP) is 2.49. The van der Waals surface area contributed by atoms with E-state index in [1.807, 2.05) is 0 Å². The van der Waals surface area contributed by atoms with Crippen LogP contribution in [-0.2, 0) is 9.53 Å². The molecule has 0 heterocycles. The average Bonchev–Trinajstić information content (AvgIpc) is 2.34. The van der Waals surface area contributed by atoms with Crippen LogP contribution in [0, 0.1) is 11.2 Å². The van der Waals surface area contributed by atoms with Gasteiger partial charge in [-0.05, 0) is 35.8 Å². The van der Waals surface area contributed by atoms with Crippen LogP contribution in [-0.4, -0.2) is 18.2 Å².